The number of aliphatic carboxylic acids is 1. The monoisotopic (exact) mass is 989 g/mol. The smallest absolute Gasteiger partial charge is 0.350 e. The predicted octanol–water partition coefficient (Wildman–Crippen LogP) is -6.42. The quantitative estimate of drug-likeness (QED) is 0.0193. The van der Waals surface area contributed by atoms with Crippen LogP contribution in [0.3, 0.4) is 0 Å². The number of aromatic nitrogens is 4. The molecule has 2 aromatic rings. The molecular weight excluding hydrogens is 937 g/mol. The number of carbonyl (C=O) groups excluding carboxylic acids is 3. The van der Waals surface area contributed by atoms with Crippen LogP contribution in [-0.2, 0) is 42.3 Å². The van der Waals surface area contributed by atoms with Gasteiger partial charge in [0.05, 0.1) is 38.6 Å². The number of thioether (sulfide) groups is 1. The molecule has 2 saturated heterocycles. The Morgan fingerprint density at radius 1 is 1.13 bits per heavy atom. The average molecular weight is 990 g/mol. The Labute approximate surface area is 387 Å². The van der Waals surface area contributed by atoms with Gasteiger partial charge in [0.2, 0.25) is 23.3 Å². The largest absolute Gasteiger partial charge is 0.478 e. The van der Waals surface area contributed by atoms with E-state index in [1.807, 2.05) is 0 Å². The van der Waals surface area contributed by atoms with Crippen LogP contribution in [0.5, 0.6) is 0 Å². The van der Waals surface area contributed by atoms with Crippen LogP contribution in [0.1, 0.15) is 26.6 Å². The summed E-state index contributed by atoms with van der Waals surface area (Å²) in [4.78, 5) is 69.5. The maximum absolute atomic E-state index is 13.5. The molecule has 0 aliphatic carbocycles. The van der Waals surface area contributed by atoms with Crippen molar-refractivity contribution < 1.29 is 89.2 Å². The highest BCUT2D eigenvalue weighted by Gasteiger charge is 2.52. The predicted molar refractivity (Wildman–Crippen MR) is 232 cm³/mol. The van der Waals surface area contributed by atoms with E-state index in [-0.39, 0.29) is 59.3 Å². The van der Waals surface area contributed by atoms with Crippen molar-refractivity contribution in [3.63, 3.8) is 0 Å². The van der Waals surface area contributed by atoms with Crippen LogP contribution < -0.4 is 26.8 Å². The molecule has 16 N–H and O–H groups in total. The van der Waals surface area contributed by atoms with Gasteiger partial charge in [0.25, 0.3) is 5.91 Å². The number of nitrogens with two attached hydrogens (primary N) is 2. The molecule has 2 fully saturated rings. The van der Waals surface area contributed by atoms with Gasteiger partial charge in [-0.2, -0.15) is 9.36 Å². The molecule has 4 amide bonds. The Morgan fingerprint density at radius 3 is 2.45 bits per heavy atom. The van der Waals surface area contributed by atoms with Crippen LogP contribution in [0.4, 0.5) is 21.4 Å². The van der Waals surface area contributed by atoms with Crippen molar-refractivity contribution in [1.82, 2.24) is 24.3 Å². The van der Waals surface area contributed by atoms with E-state index in [1.165, 1.54) is 48.3 Å². The summed E-state index contributed by atoms with van der Waals surface area (Å²) >= 11 is 1.95. The van der Waals surface area contributed by atoms with Gasteiger partial charge in [-0.1, -0.05) is 5.16 Å². The third-order valence-electron chi connectivity index (χ3n) is 10.4. The number of carboxylic acid groups (broad SMARTS) is 1. The van der Waals surface area contributed by atoms with Crippen LogP contribution in [0.25, 0.3) is 0 Å². The maximum atomic E-state index is 13.5. The van der Waals surface area contributed by atoms with Crippen molar-refractivity contribution in [3.05, 3.63) is 23.3 Å². The first-order valence-electron chi connectivity index (χ1n) is 20.1. The zero-order chi connectivity index (χ0) is 49.7. The van der Waals surface area contributed by atoms with E-state index in [4.69, 9.17) is 25.8 Å². The second-order valence-corrected chi connectivity index (χ2v) is 17.5. The number of fused-ring (bicyclic) bond motifs is 1. The van der Waals surface area contributed by atoms with Gasteiger partial charge in [0, 0.05) is 35.6 Å². The van der Waals surface area contributed by atoms with Gasteiger partial charge in [0.1, 0.15) is 59.9 Å². The zero-order valence-corrected chi connectivity index (χ0v) is 37.8. The minimum atomic E-state index is -1.99. The number of anilines is 3. The molecule has 31 heteroatoms. The lowest BCUT2D eigenvalue weighted by molar-refractivity contribution is -0.765. The Bertz CT molecular complexity index is 2270. The lowest BCUT2D eigenvalue weighted by atomic mass is 9.98. The maximum Gasteiger partial charge on any atom is 0.350 e. The fourth-order valence-corrected chi connectivity index (χ4v) is 8.26. The van der Waals surface area contributed by atoms with Crippen LogP contribution in [-0.4, -0.2) is 216 Å². The molecule has 2 aromatic heterocycles. The molecule has 5 heterocycles. The van der Waals surface area contributed by atoms with Crippen LogP contribution in [0, 0.1) is 0 Å². The number of nitrogen functional groups attached to an aromatic ring is 2. The molecule has 67 heavy (non-hydrogen) atoms. The molecule has 11 unspecified atom stereocenters. The fraction of sp³-hybridized carbons (Fsp3) is 0.611. The molecule has 29 nitrogen and oxygen atoms in total. The summed E-state index contributed by atoms with van der Waals surface area (Å²) in [5.74, 6) is -3.13. The van der Waals surface area contributed by atoms with E-state index in [0.29, 0.717) is 5.57 Å². The molecule has 0 bridgehead atoms. The Morgan fingerprint density at radius 2 is 1.84 bits per heavy atom. The number of aliphatic hydroxyl groups is 9. The first-order valence-corrected chi connectivity index (χ1v) is 21.9. The summed E-state index contributed by atoms with van der Waals surface area (Å²) in [5.41, 5.74) is 10.3. The van der Waals surface area contributed by atoms with E-state index in [0.717, 1.165) is 17.7 Å². The SMILES string of the molecule is CC(O)C1=C(C[n+]2cc(NC(=O)NCCN=CC(O)C(O)C(OC3OC(CO)C(O)C(O)C3O)C(O)CO)c(N)n2C)CSC2C(=NC(=O)/C(=N\OC(C)(C)C(=O)O)c3nsc(N)n3)C(=O)N12. The standard InChI is InChI=1S/C36H52N12O17S2/c1-13(51)21-14(12-66-31-20(30(59)48(21)31)42-29(58)19(28-43-34(38)67-45-28)44-65-36(2,3)33(60)61)8-47-9-15(27(37)46(47)4)41-35(62)40-6-5-39-7-16(52)22(54)26(17(53)10-49)64-32-25(57)24(56)23(55)18(11-50)63-32/h7,9,13,16-18,22-26,31-32,37,49-57H,5-6,8,10-12H2,1-4H3,(H5,38,40,41,43,45,60,61,62)/p+1/b39-7?,42-20?,44-19-. The van der Waals surface area contributed by atoms with Crippen molar-refractivity contribution in [2.45, 2.75) is 99.5 Å². The molecular formula is C36H53N12O17S2+. The van der Waals surface area contributed by atoms with Crippen molar-refractivity contribution in [2.75, 3.05) is 48.8 Å². The van der Waals surface area contributed by atoms with Crippen molar-refractivity contribution in [3.8, 4) is 0 Å². The highest BCUT2D eigenvalue weighted by Crippen LogP contribution is 2.40. The van der Waals surface area contributed by atoms with Gasteiger partial charge in [-0.15, -0.1) is 21.1 Å². The van der Waals surface area contributed by atoms with Crippen LogP contribution in [0.15, 0.2) is 32.6 Å². The summed E-state index contributed by atoms with van der Waals surface area (Å²) in [6.07, 6.45) is -15.0. The van der Waals surface area contributed by atoms with Gasteiger partial charge in [-0.3, -0.25) is 24.8 Å². The van der Waals surface area contributed by atoms with Crippen molar-refractivity contribution in [1.29, 1.82) is 0 Å². The van der Waals surface area contributed by atoms with Crippen molar-refractivity contribution in [2.24, 2.45) is 22.2 Å². The molecule has 0 radical (unpaired) electrons. The van der Waals surface area contributed by atoms with Crippen LogP contribution >= 0.6 is 23.3 Å². The first kappa shape index (κ1) is 52.7. The third-order valence-corrected chi connectivity index (χ3v) is 12.2. The number of oxime groups is 1. The highest BCUT2D eigenvalue weighted by molar-refractivity contribution is 8.01. The van der Waals surface area contributed by atoms with E-state index in [2.05, 4.69) is 35.1 Å². The lowest BCUT2D eigenvalue weighted by Crippen LogP contribution is -2.63. The number of nitrogens with one attached hydrogen (secondary N) is 2. The second kappa shape index (κ2) is 22.2. The van der Waals surface area contributed by atoms with Gasteiger partial charge in [0.15, 0.2) is 29.5 Å². The summed E-state index contributed by atoms with van der Waals surface area (Å²) in [6.45, 7) is 1.91. The molecule has 11 atom stereocenters. The van der Waals surface area contributed by atoms with Gasteiger partial charge in [-0.25, -0.2) is 14.6 Å². The first-order chi connectivity index (χ1) is 31.5. The topological polar surface area (TPSA) is 449 Å². The number of β-lactam (4-membered cyclic amide) rings is 1. The number of rotatable bonds is 20. The Balaban J connectivity index is 1.18. The zero-order valence-electron chi connectivity index (χ0n) is 36.1. The van der Waals surface area contributed by atoms with E-state index in [9.17, 15) is 70.2 Å². The summed E-state index contributed by atoms with van der Waals surface area (Å²) in [7, 11) is 1.60. The average Bonchev–Trinajstić information content (AvgIpc) is 3.83. The van der Waals surface area contributed by atoms with Crippen LogP contribution in [0.2, 0.25) is 0 Å². The molecule has 0 spiro atoms. The lowest BCUT2D eigenvalue weighted by Gasteiger charge is -2.46. The molecule has 3 aliphatic heterocycles. The van der Waals surface area contributed by atoms with E-state index < -0.39 is 115 Å². The minimum absolute atomic E-state index is 0.0305. The van der Waals surface area contributed by atoms with Gasteiger partial charge >= 0.3 is 17.9 Å². The molecule has 370 valence electrons. The molecule has 0 aromatic carbocycles. The second-order valence-electron chi connectivity index (χ2n) is 15.6. The number of carbonyl (C=O) groups is 4. The number of carboxylic acids is 1. The normalized spacial score (nSPS) is 25.3. The summed E-state index contributed by atoms with van der Waals surface area (Å²) < 4.78 is 17.6. The number of aliphatic imine (C=N–C) groups is 2. The highest BCUT2D eigenvalue weighted by atomic mass is 32.2. The van der Waals surface area contributed by atoms with Gasteiger partial charge in [-0.05, 0) is 20.8 Å². The number of hydrogen-bond acceptors (Lipinski definition) is 24. The van der Waals surface area contributed by atoms with E-state index in [1.54, 1.807) is 11.7 Å². The van der Waals surface area contributed by atoms with Gasteiger partial charge < -0.3 is 82.2 Å². The number of urea groups is 1. The fourth-order valence-electron chi connectivity index (χ4n) is 6.56. The number of aliphatic hydroxyl groups excluding tert-OH is 9. The Hall–Kier alpha value is -5.29. The van der Waals surface area contributed by atoms with Crippen molar-refractivity contribution >= 4 is 81.4 Å². The summed E-state index contributed by atoms with van der Waals surface area (Å²) in [5, 5.41) is 109. The number of ether oxygens (including phenoxy) is 2. The Kier molecular flexibility index (Phi) is 17.5. The molecule has 3 aliphatic rings. The third kappa shape index (κ3) is 11.9. The molecule has 5 rings (SSSR count). The minimum Gasteiger partial charge on any atom is -0.478 e. The van der Waals surface area contributed by atoms with E-state index >= 15 is 0 Å². The summed E-state index contributed by atoms with van der Waals surface area (Å²) in [6, 6.07) is -0.717. The number of amides is 4. The molecule has 0 saturated carbocycles. The number of hydrogen-bond donors (Lipinski definition) is 14. The number of nitrogens with zero attached hydrogens (tertiary/aromatic N) is 8.